The number of carbonyl (C=O) groups is 2. The van der Waals surface area contributed by atoms with E-state index in [1.807, 2.05) is 41.3 Å². The first kappa shape index (κ1) is 25.2. The molecule has 0 aliphatic carbocycles. The summed E-state index contributed by atoms with van der Waals surface area (Å²) in [6.07, 6.45) is 1.75. The Balaban J connectivity index is 1.43. The minimum Gasteiger partial charge on any atom is -0.481 e. The quantitative estimate of drug-likeness (QED) is 0.563. The van der Waals surface area contributed by atoms with Crippen LogP contribution in [0.15, 0.2) is 60.7 Å². The predicted molar refractivity (Wildman–Crippen MR) is 137 cm³/mol. The second kappa shape index (κ2) is 12.7. The van der Waals surface area contributed by atoms with Gasteiger partial charge in [-0.25, -0.2) is 0 Å². The second-order valence-electron chi connectivity index (χ2n) is 9.59. The molecule has 2 aliphatic rings. The zero-order chi connectivity index (χ0) is 24.5. The number of nitrogens with zero attached hydrogens (tertiary/aromatic N) is 3. The predicted octanol–water partition coefficient (Wildman–Crippen LogP) is 3.47. The van der Waals surface area contributed by atoms with Crippen molar-refractivity contribution in [1.82, 2.24) is 9.80 Å². The Hall–Kier alpha value is -2.90. The number of benzene rings is 2. The summed E-state index contributed by atoms with van der Waals surface area (Å²) in [4.78, 5) is 31.4. The second-order valence-corrected chi connectivity index (χ2v) is 9.59. The lowest BCUT2D eigenvalue weighted by Gasteiger charge is -2.39. The fourth-order valence-electron chi connectivity index (χ4n) is 5.27. The number of ether oxygens (including phenoxy) is 1. The molecule has 0 spiro atoms. The molecule has 2 aromatic rings. The Morgan fingerprint density at radius 1 is 0.914 bits per heavy atom. The molecule has 1 N–H and O–H groups in total. The van der Waals surface area contributed by atoms with Gasteiger partial charge in [-0.05, 0) is 48.9 Å². The van der Waals surface area contributed by atoms with Crippen molar-refractivity contribution in [2.24, 2.45) is 11.8 Å². The molecule has 7 heteroatoms. The molecular formula is C28H37N3O4. The average molecular weight is 480 g/mol. The molecule has 188 valence electrons. The molecular weight excluding hydrogens is 442 g/mol. The minimum atomic E-state index is -0.755. The van der Waals surface area contributed by atoms with Gasteiger partial charge in [0.2, 0.25) is 0 Å². The molecule has 2 heterocycles. The van der Waals surface area contributed by atoms with Gasteiger partial charge >= 0.3 is 5.97 Å². The van der Waals surface area contributed by atoms with E-state index in [4.69, 9.17) is 4.74 Å². The Bertz CT molecular complexity index is 934. The van der Waals surface area contributed by atoms with Crippen LogP contribution < -0.4 is 4.90 Å². The van der Waals surface area contributed by atoms with Gasteiger partial charge in [0.05, 0.1) is 13.2 Å². The summed E-state index contributed by atoms with van der Waals surface area (Å²) >= 11 is 0. The third-order valence-corrected chi connectivity index (χ3v) is 7.32. The largest absolute Gasteiger partial charge is 0.481 e. The number of carboxylic acids is 1. The average Bonchev–Trinajstić information content (AvgIpc) is 2.90. The van der Waals surface area contributed by atoms with Crippen LogP contribution in [0.5, 0.6) is 0 Å². The van der Waals surface area contributed by atoms with Crippen molar-refractivity contribution in [1.29, 1.82) is 0 Å². The van der Waals surface area contributed by atoms with E-state index < -0.39 is 5.97 Å². The number of anilines is 1. The van der Waals surface area contributed by atoms with E-state index in [1.165, 1.54) is 5.69 Å². The van der Waals surface area contributed by atoms with Gasteiger partial charge in [-0.2, -0.15) is 0 Å². The number of morpholine rings is 1. The molecule has 4 rings (SSSR count). The van der Waals surface area contributed by atoms with Gasteiger partial charge in [-0.1, -0.05) is 36.4 Å². The molecule has 35 heavy (non-hydrogen) atoms. The zero-order valence-electron chi connectivity index (χ0n) is 20.4. The van der Waals surface area contributed by atoms with Crippen LogP contribution >= 0.6 is 0 Å². The van der Waals surface area contributed by atoms with E-state index in [2.05, 4.69) is 34.1 Å². The first-order chi connectivity index (χ1) is 17.1. The van der Waals surface area contributed by atoms with Crippen molar-refractivity contribution in [3.05, 3.63) is 66.2 Å². The fourth-order valence-corrected chi connectivity index (χ4v) is 5.27. The maximum Gasteiger partial charge on any atom is 0.303 e. The number of likely N-dealkylation sites (tertiary alicyclic amines) is 1. The highest BCUT2D eigenvalue weighted by Gasteiger charge is 2.33. The van der Waals surface area contributed by atoms with Crippen molar-refractivity contribution < 1.29 is 19.4 Å². The number of hydrogen-bond acceptors (Lipinski definition) is 5. The van der Waals surface area contributed by atoms with Crippen LogP contribution in [0, 0.1) is 11.8 Å². The standard InChI is InChI=1S/C28H37N3O4/c32-27(33)21-24-11-14-31(28(34)23-7-3-1-4-8-23)22-25(24)12-13-30(26-9-5-2-6-10-26)16-15-29-17-19-35-20-18-29/h1-10,24-25H,11-22H2,(H,32,33). The van der Waals surface area contributed by atoms with Gasteiger partial charge in [-0.15, -0.1) is 0 Å². The molecule has 2 aromatic carbocycles. The minimum absolute atomic E-state index is 0.0385. The van der Waals surface area contributed by atoms with E-state index in [9.17, 15) is 14.7 Å². The molecule has 0 saturated carbocycles. The first-order valence-electron chi connectivity index (χ1n) is 12.8. The summed E-state index contributed by atoms with van der Waals surface area (Å²) in [6, 6.07) is 19.8. The molecule has 0 aromatic heterocycles. The van der Waals surface area contributed by atoms with Gasteiger partial charge in [0.1, 0.15) is 0 Å². The van der Waals surface area contributed by atoms with Gasteiger partial charge in [0.15, 0.2) is 0 Å². The van der Waals surface area contributed by atoms with E-state index >= 15 is 0 Å². The Morgan fingerprint density at radius 2 is 1.60 bits per heavy atom. The number of rotatable bonds is 10. The van der Waals surface area contributed by atoms with Gasteiger partial charge in [0, 0.05) is 63.5 Å². The summed E-state index contributed by atoms with van der Waals surface area (Å²) in [5.74, 6) is -0.474. The lowest BCUT2D eigenvalue weighted by molar-refractivity contribution is -0.139. The topological polar surface area (TPSA) is 73.3 Å². The highest BCUT2D eigenvalue weighted by atomic mass is 16.5. The maximum atomic E-state index is 13.1. The van der Waals surface area contributed by atoms with E-state index in [-0.39, 0.29) is 24.2 Å². The van der Waals surface area contributed by atoms with Crippen LogP contribution in [-0.2, 0) is 9.53 Å². The summed E-state index contributed by atoms with van der Waals surface area (Å²) in [6.45, 7) is 7.44. The number of amides is 1. The van der Waals surface area contributed by atoms with Crippen LogP contribution in [0.1, 0.15) is 29.6 Å². The van der Waals surface area contributed by atoms with Crippen LogP contribution in [0.2, 0.25) is 0 Å². The number of aliphatic carboxylic acids is 1. The normalized spacial score (nSPS) is 21.0. The summed E-state index contributed by atoms with van der Waals surface area (Å²) in [7, 11) is 0. The maximum absolute atomic E-state index is 13.1. The molecule has 0 bridgehead atoms. The third kappa shape index (κ3) is 7.29. The zero-order valence-corrected chi connectivity index (χ0v) is 20.4. The molecule has 2 unspecified atom stereocenters. The molecule has 2 aliphatic heterocycles. The van der Waals surface area contributed by atoms with Gasteiger partial charge in [0.25, 0.3) is 5.91 Å². The van der Waals surface area contributed by atoms with Crippen molar-refractivity contribution in [2.45, 2.75) is 19.3 Å². The number of carbonyl (C=O) groups excluding carboxylic acids is 1. The number of piperidine rings is 1. The molecule has 2 fully saturated rings. The lowest BCUT2D eigenvalue weighted by Crippen LogP contribution is -2.46. The van der Waals surface area contributed by atoms with Crippen molar-refractivity contribution in [3.8, 4) is 0 Å². The third-order valence-electron chi connectivity index (χ3n) is 7.32. The van der Waals surface area contributed by atoms with Gasteiger partial charge in [-0.3, -0.25) is 14.5 Å². The monoisotopic (exact) mass is 479 g/mol. The Kier molecular flexibility index (Phi) is 9.15. The summed E-state index contributed by atoms with van der Waals surface area (Å²) in [5.41, 5.74) is 1.88. The van der Waals surface area contributed by atoms with Crippen LogP contribution in [0.3, 0.4) is 0 Å². The Morgan fingerprint density at radius 3 is 2.29 bits per heavy atom. The highest BCUT2D eigenvalue weighted by Crippen LogP contribution is 2.31. The van der Waals surface area contributed by atoms with E-state index in [0.29, 0.717) is 18.7 Å². The van der Waals surface area contributed by atoms with Crippen LogP contribution in [0.4, 0.5) is 5.69 Å². The van der Waals surface area contributed by atoms with Crippen molar-refractivity contribution >= 4 is 17.6 Å². The molecule has 0 radical (unpaired) electrons. The van der Waals surface area contributed by atoms with Crippen LogP contribution in [0.25, 0.3) is 0 Å². The Labute approximate surface area is 208 Å². The highest BCUT2D eigenvalue weighted by molar-refractivity contribution is 5.94. The van der Waals surface area contributed by atoms with Crippen molar-refractivity contribution in [2.75, 3.05) is 63.9 Å². The van der Waals surface area contributed by atoms with Crippen molar-refractivity contribution in [3.63, 3.8) is 0 Å². The number of hydrogen-bond donors (Lipinski definition) is 1. The molecule has 1 amide bonds. The smallest absolute Gasteiger partial charge is 0.303 e. The van der Waals surface area contributed by atoms with E-state index in [0.717, 1.165) is 58.8 Å². The first-order valence-corrected chi connectivity index (χ1v) is 12.8. The molecule has 2 saturated heterocycles. The number of para-hydroxylation sites is 1. The summed E-state index contributed by atoms with van der Waals surface area (Å²) in [5, 5.41) is 9.51. The van der Waals surface area contributed by atoms with Crippen LogP contribution in [-0.4, -0.2) is 85.8 Å². The molecule has 7 nitrogen and oxygen atoms in total. The fraction of sp³-hybridized carbons (Fsp3) is 0.500. The SMILES string of the molecule is O=C(O)CC1CCN(C(=O)c2ccccc2)CC1CCN(CCN1CCOCC1)c1ccccc1. The lowest BCUT2D eigenvalue weighted by atomic mass is 9.81. The van der Waals surface area contributed by atoms with Gasteiger partial charge < -0.3 is 19.6 Å². The summed E-state index contributed by atoms with van der Waals surface area (Å²) < 4.78 is 5.49. The molecule has 2 atom stereocenters. The number of carboxylic acid groups (broad SMARTS) is 1. The van der Waals surface area contributed by atoms with E-state index in [1.54, 1.807) is 0 Å².